The number of Topliss-reactive ketones (excluding diaryl/α,β-unsaturated/α-hetero) is 1. The van der Waals surface area contributed by atoms with Gasteiger partial charge in [-0.15, -0.1) is 0 Å². The van der Waals surface area contributed by atoms with Crippen molar-refractivity contribution >= 4 is 5.78 Å². The van der Waals surface area contributed by atoms with Crippen LogP contribution in [-0.4, -0.2) is 54.3 Å². The Bertz CT molecular complexity index is 455. The number of hydrogen-bond donors (Lipinski definition) is 0. The predicted molar refractivity (Wildman–Crippen MR) is 83.3 cm³/mol. The molecule has 110 valence electrons. The molecule has 0 radical (unpaired) electrons. The number of aryl methyl sites for hydroxylation is 1. The third-order valence-corrected chi connectivity index (χ3v) is 4.31. The van der Waals surface area contributed by atoms with E-state index in [-0.39, 0.29) is 11.8 Å². The quantitative estimate of drug-likeness (QED) is 0.792. The van der Waals surface area contributed by atoms with E-state index < -0.39 is 0 Å². The monoisotopic (exact) mass is 274 g/mol. The second-order valence-corrected chi connectivity index (χ2v) is 6.11. The molecule has 2 unspecified atom stereocenters. The Morgan fingerprint density at radius 1 is 1.25 bits per heavy atom. The van der Waals surface area contributed by atoms with E-state index in [9.17, 15) is 4.79 Å². The molecule has 1 aromatic rings. The third-order valence-electron chi connectivity index (χ3n) is 4.31. The number of carbonyl (C=O) groups is 1. The van der Waals surface area contributed by atoms with Crippen LogP contribution >= 0.6 is 0 Å². The zero-order valence-corrected chi connectivity index (χ0v) is 13.1. The molecule has 20 heavy (non-hydrogen) atoms. The molecule has 1 saturated heterocycles. The maximum Gasteiger partial charge on any atom is 0.179 e. The number of ketones is 1. The van der Waals surface area contributed by atoms with Crippen LogP contribution in [0, 0.1) is 6.92 Å². The van der Waals surface area contributed by atoms with Gasteiger partial charge in [0, 0.05) is 24.7 Å². The van der Waals surface area contributed by atoms with E-state index in [1.807, 2.05) is 38.1 Å². The molecular weight excluding hydrogens is 248 g/mol. The van der Waals surface area contributed by atoms with Gasteiger partial charge >= 0.3 is 0 Å². The lowest BCUT2D eigenvalue weighted by Gasteiger charge is -2.32. The van der Waals surface area contributed by atoms with Gasteiger partial charge < -0.3 is 4.90 Å². The van der Waals surface area contributed by atoms with E-state index in [0.717, 1.165) is 31.6 Å². The summed E-state index contributed by atoms with van der Waals surface area (Å²) in [6.45, 7) is 9.47. The van der Waals surface area contributed by atoms with Gasteiger partial charge in [-0.1, -0.05) is 29.8 Å². The molecule has 0 aliphatic carbocycles. The van der Waals surface area contributed by atoms with Crippen LogP contribution in [0.25, 0.3) is 0 Å². The van der Waals surface area contributed by atoms with Gasteiger partial charge in [0.15, 0.2) is 5.78 Å². The summed E-state index contributed by atoms with van der Waals surface area (Å²) in [6.07, 6.45) is 1.13. The van der Waals surface area contributed by atoms with Crippen molar-refractivity contribution in [2.45, 2.75) is 39.3 Å². The Kier molecular flexibility index (Phi) is 4.95. The Labute approximate surface area is 122 Å². The Balaban J connectivity index is 2.11. The van der Waals surface area contributed by atoms with Crippen molar-refractivity contribution in [2.75, 3.05) is 26.7 Å². The summed E-state index contributed by atoms with van der Waals surface area (Å²) in [5.41, 5.74) is 2.02. The van der Waals surface area contributed by atoms with Crippen molar-refractivity contribution in [3.05, 3.63) is 35.4 Å². The molecule has 2 atom stereocenters. The molecule has 0 aromatic heterocycles. The zero-order chi connectivity index (χ0) is 14.7. The maximum absolute atomic E-state index is 12.6. The van der Waals surface area contributed by atoms with Gasteiger partial charge in [0.25, 0.3) is 0 Å². The second kappa shape index (κ2) is 6.51. The van der Waals surface area contributed by atoms with Crippen molar-refractivity contribution in [3.8, 4) is 0 Å². The lowest BCUT2D eigenvalue weighted by Crippen LogP contribution is -2.46. The van der Waals surface area contributed by atoms with Crippen LogP contribution in [0.15, 0.2) is 24.3 Å². The molecule has 0 spiro atoms. The first-order valence-electron chi connectivity index (χ1n) is 7.54. The number of benzene rings is 1. The smallest absolute Gasteiger partial charge is 0.179 e. The molecule has 1 heterocycles. The molecule has 0 N–H and O–H groups in total. The molecule has 1 aliphatic rings. The van der Waals surface area contributed by atoms with Gasteiger partial charge in [-0.25, -0.2) is 0 Å². The molecule has 0 amide bonds. The summed E-state index contributed by atoms with van der Waals surface area (Å²) in [4.78, 5) is 17.3. The first-order chi connectivity index (χ1) is 9.49. The largest absolute Gasteiger partial charge is 0.305 e. The Hall–Kier alpha value is -1.19. The van der Waals surface area contributed by atoms with Gasteiger partial charge in [0.1, 0.15) is 0 Å². The molecule has 0 bridgehead atoms. The average molecular weight is 274 g/mol. The van der Waals surface area contributed by atoms with Crippen LogP contribution in [0.3, 0.4) is 0 Å². The number of likely N-dealkylation sites (N-methyl/N-ethyl adjacent to an activating group) is 1. The molecular formula is C17H26N2O. The number of rotatable bonds is 3. The highest BCUT2D eigenvalue weighted by Crippen LogP contribution is 2.16. The van der Waals surface area contributed by atoms with E-state index >= 15 is 0 Å². The summed E-state index contributed by atoms with van der Waals surface area (Å²) in [5, 5.41) is 0. The van der Waals surface area contributed by atoms with E-state index in [0.29, 0.717) is 6.04 Å². The molecule has 1 aliphatic heterocycles. The lowest BCUT2D eigenvalue weighted by molar-refractivity contribution is 0.0778. The van der Waals surface area contributed by atoms with Crippen molar-refractivity contribution in [1.29, 1.82) is 0 Å². The number of hydrogen-bond acceptors (Lipinski definition) is 3. The Morgan fingerprint density at radius 2 is 1.90 bits per heavy atom. The summed E-state index contributed by atoms with van der Waals surface area (Å²) in [5.74, 6) is 0.237. The fourth-order valence-electron chi connectivity index (χ4n) is 3.08. The highest BCUT2D eigenvalue weighted by molar-refractivity contribution is 5.99. The van der Waals surface area contributed by atoms with Gasteiger partial charge in [0.2, 0.25) is 0 Å². The van der Waals surface area contributed by atoms with E-state index in [2.05, 4.69) is 23.8 Å². The van der Waals surface area contributed by atoms with Crippen molar-refractivity contribution in [2.24, 2.45) is 0 Å². The minimum Gasteiger partial charge on any atom is -0.305 e. The van der Waals surface area contributed by atoms with Crippen LogP contribution in [-0.2, 0) is 0 Å². The standard InChI is InChI=1S/C17H26N2O/c1-13-6-8-16(9-7-13)17(20)15(3)19-11-5-10-18(4)12-14(19)2/h6-9,14-15H,5,10-12H2,1-4H3. The first-order valence-corrected chi connectivity index (χ1v) is 7.54. The van der Waals surface area contributed by atoms with Gasteiger partial charge in [0.05, 0.1) is 6.04 Å². The van der Waals surface area contributed by atoms with Crippen molar-refractivity contribution in [1.82, 2.24) is 9.80 Å². The van der Waals surface area contributed by atoms with Crippen molar-refractivity contribution in [3.63, 3.8) is 0 Å². The molecule has 1 aromatic carbocycles. The third kappa shape index (κ3) is 3.47. The van der Waals surface area contributed by atoms with Crippen LogP contribution in [0.4, 0.5) is 0 Å². The number of nitrogens with zero attached hydrogens (tertiary/aromatic N) is 2. The molecule has 1 fully saturated rings. The maximum atomic E-state index is 12.6. The van der Waals surface area contributed by atoms with E-state index in [4.69, 9.17) is 0 Å². The van der Waals surface area contributed by atoms with Gasteiger partial charge in [-0.3, -0.25) is 9.69 Å². The van der Waals surface area contributed by atoms with Gasteiger partial charge in [-0.2, -0.15) is 0 Å². The predicted octanol–water partition coefficient (Wildman–Crippen LogP) is 2.59. The molecule has 3 nitrogen and oxygen atoms in total. The summed E-state index contributed by atoms with van der Waals surface area (Å²) in [6, 6.07) is 8.30. The fourth-order valence-corrected chi connectivity index (χ4v) is 3.08. The normalized spacial score (nSPS) is 23.3. The highest BCUT2D eigenvalue weighted by atomic mass is 16.1. The minimum atomic E-state index is -0.0424. The van der Waals surface area contributed by atoms with Crippen LogP contribution in [0.2, 0.25) is 0 Å². The number of carbonyl (C=O) groups excluding carboxylic acids is 1. The zero-order valence-electron chi connectivity index (χ0n) is 13.1. The molecule has 0 saturated carbocycles. The van der Waals surface area contributed by atoms with E-state index in [1.54, 1.807) is 0 Å². The van der Waals surface area contributed by atoms with Crippen molar-refractivity contribution < 1.29 is 4.79 Å². The average Bonchev–Trinajstić information content (AvgIpc) is 2.58. The van der Waals surface area contributed by atoms with Gasteiger partial charge in [-0.05, 0) is 40.8 Å². The summed E-state index contributed by atoms with van der Waals surface area (Å²) < 4.78 is 0. The van der Waals surface area contributed by atoms with Crippen LogP contribution in [0.1, 0.15) is 36.2 Å². The van der Waals surface area contributed by atoms with E-state index in [1.165, 1.54) is 5.56 Å². The first kappa shape index (κ1) is 15.2. The SMILES string of the molecule is Cc1ccc(C(=O)C(C)N2CCCN(C)CC2C)cc1. The fraction of sp³-hybridized carbons (Fsp3) is 0.588. The molecule has 2 rings (SSSR count). The van der Waals surface area contributed by atoms with Crippen LogP contribution < -0.4 is 0 Å². The minimum absolute atomic E-state index is 0.0424. The van der Waals surface area contributed by atoms with Crippen LogP contribution in [0.5, 0.6) is 0 Å². The topological polar surface area (TPSA) is 23.6 Å². The molecule has 3 heteroatoms. The second-order valence-electron chi connectivity index (χ2n) is 6.11. The highest BCUT2D eigenvalue weighted by Gasteiger charge is 2.28. The Morgan fingerprint density at radius 3 is 2.55 bits per heavy atom. The lowest BCUT2D eigenvalue weighted by atomic mass is 10.0. The summed E-state index contributed by atoms with van der Waals surface area (Å²) in [7, 11) is 2.16. The summed E-state index contributed by atoms with van der Waals surface area (Å²) >= 11 is 0.